The first-order valence-electron chi connectivity index (χ1n) is 6.69. The van der Waals surface area contributed by atoms with E-state index in [9.17, 15) is 4.79 Å². The highest BCUT2D eigenvalue weighted by Crippen LogP contribution is 2.35. The molecule has 0 spiro atoms. The van der Waals surface area contributed by atoms with Crippen molar-refractivity contribution in [1.29, 1.82) is 0 Å². The summed E-state index contributed by atoms with van der Waals surface area (Å²) >= 11 is 1.42. The molecule has 1 aromatic carbocycles. The van der Waals surface area contributed by atoms with E-state index in [1.165, 1.54) is 17.8 Å². The summed E-state index contributed by atoms with van der Waals surface area (Å²) in [5, 5.41) is 3.48. The number of hydrogen-bond acceptors (Lipinski definition) is 5. The Morgan fingerprint density at radius 2 is 2.35 bits per heavy atom. The highest BCUT2D eigenvalue weighted by Gasteiger charge is 2.21. The van der Waals surface area contributed by atoms with Crippen molar-refractivity contribution in [3.05, 3.63) is 12.1 Å². The van der Waals surface area contributed by atoms with Crippen molar-refractivity contribution in [2.75, 3.05) is 18.2 Å². The summed E-state index contributed by atoms with van der Waals surface area (Å²) < 4.78 is 6.19. The van der Waals surface area contributed by atoms with E-state index in [-0.39, 0.29) is 5.91 Å². The molecule has 0 unspecified atom stereocenters. The van der Waals surface area contributed by atoms with E-state index in [2.05, 4.69) is 10.3 Å². The maximum Gasteiger partial charge on any atom is 0.226 e. The predicted octanol–water partition coefficient (Wildman–Crippen LogP) is 3.02. The summed E-state index contributed by atoms with van der Waals surface area (Å²) in [6.45, 7) is 0. The minimum atomic E-state index is 0.0423. The van der Waals surface area contributed by atoms with Crippen LogP contribution in [0.5, 0.6) is 5.75 Å². The van der Waals surface area contributed by atoms with Gasteiger partial charge >= 0.3 is 0 Å². The van der Waals surface area contributed by atoms with Gasteiger partial charge in [0.05, 0.1) is 11.8 Å². The standard InChI is InChI=1S/C14H17N3O2S/c1-19-10-6-9(15)7-11-13(10)17-14(20-11)16-12(18)5-8-3-2-4-8/h6-8H,2-5,15H2,1H3,(H,16,17,18). The van der Waals surface area contributed by atoms with Gasteiger partial charge in [-0.25, -0.2) is 4.98 Å². The fourth-order valence-corrected chi connectivity index (χ4v) is 3.31. The maximum absolute atomic E-state index is 11.9. The summed E-state index contributed by atoms with van der Waals surface area (Å²) in [5.74, 6) is 1.23. The van der Waals surface area contributed by atoms with Gasteiger partial charge in [0, 0.05) is 18.2 Å². The molecule has 1 amide bonds. The lowest BCUT2D eigenvalue weighted by molar-refractivity contribution is -0.117. The van der Waals surface area contributed by atoms with E-state index in [0.29, 0.717) is 28.9 Å². The number of thiazole rings is 1. The molecule has 0 aliphatic heterocycles. The van der Waals surface area contributed by atoms with Crippen LogP contribution in [-0.2, 0) is 4.79 Å². The fourth-order valence-electron chi connectivity index (χ4n) is 2.36. The van der Waals surface area contributed by atoms with Gasteiger partial charge in [-0.05, 0) is 24.8 Å². The van der Waals surface area contributed by atoms with Gasteiger partial charge in [-0.3, -0.25) is 4.79 Å². The van der Waals surface area contributed by atoms with E-state index < -0.39 is 0 Å². The van der Waals surface area contributed by atoms with Crippen molar-refractivity contribution in [3.63, 3.8) is 0 Å². The molecule has 1 aromatic heterocycles. The van der Waals surface area contributed by atoms with E-state index in [0.717, 1.165) is 23.1 Å². The minimum absolute atomic E-state index is 0.0423. The van der Waals surface area contributed by atoms with Crippen LogP contribution >= 0.6 is 11.3 Å². The third-order valence-electron chi connectivity index (χ3n) is 3.65. The fraction of sp³-hybridized carbons (Fsp3) is 0.429. The number of carbonyl (C=O) groups excluding carboxylic acids is 1. The number of benzene rings is 1. The topological polar surface area (TPSA) is 77.2 Å². The Morgan fingerprint density at radius 1 is 1.55 bits per heavy atom. The first-order chi connectivity index (χ1) is 9.65. The second-order valence-electron chi connectivity index (χ2n) is 5.14. The zero-order valence-corrected chi connectivity index (χ0v) is 12.1. The molecule has 6 heteroatoms. The molecule has 1 heterocycles. The molecule has 3 N–H and O–H groups in total. The Balaban J connectivity index is 1.79. The third kappa shape index (κ3) is 2.56. The quantitative estimate of drug-likeness (QED) is 0.849. The Bertz CT molecular complexity index is 649. The summed E-state index contributed by atoms with van der Waals surface area (Å²) in [6.07, 6.45) is 4.17. The lowest BCUT2D eigenvalue weighted by Crippen LogP contribution is -2.20. The predicted molar refractivity (Wildman–Crippen MR) is 81.2 cm³/mol. The molecule has 0 radical (unpaired) electrons. The SMILES string of the molecule is COc1cc(N)cc2sc(NC(=O)CC3CCC3)nc12. The molecule has 1 aliphatic rings. The van der Waals surface area contributed by atoms with Crippen molar-refractivity contribution in [1.82, 2.24) is 4.98 Å². The molecular formula is C14H17N3O2S. The smallest absolute Gasteiger partial charge is 0.226 e. The average Bonchev–Trinajstić information content (AvgIpc) is 2.74. The molecule has 3 rings (SSSR count). The highest BCUT2D eigenvalue weighted by atomic mass is 32.1. The number of fused-ring (bicyclic) bond motifs is 1. The maximum atomic E-state index is 11.9. The number of nitrogen functional groups attached to an aromatic ring is 1. The Morgan fingerprint density at radius 3 is 3.00 bits per heavy atom. The molecule has 1 fully saturated rings. The zero-order chi connectivity index (χ0) is 14.1. The number of carbonyl (C=O) groups is 1. The van der Waals surface area contributed by atoms with E-state index in [4.69, 9.17) is 10.5 Å². The molecule has 0 atom stereocenters. The Labute approximate surface area is 121 Å². The van der Waals surface area contributed by atoms with Gasteiger partial charge in [0.2, 0.25) is 5.91 Å². The largest absolute Gasteiger partial charge is 0.494 e. The number of nitrogens with zero attached hydrogens (tertiary/aromatic N) is 1. The number of aromatic nitrogens is 1. The molecule has 5 nitrogen and oxygen atoms in total. The van der Waals surface area contributed by atoms with Crippen molar-refractivity contribution in [2.24, 2.45) is 5.92 Å². The van der Waals surface area contributed by atoms with E-state index in [1.54, 1.807) is 13.2 Å². The molecule has 0 saturated heterocycles. The Hall–Kier alpha value is -1.82. The van der Waals surface area contributed by atoms with E-state index in [1.807, 2.05) is 6.07 Å². The van der Waals surface area contributed by atoms with Crippen LogP contribution in [0.3, 0.4) is 0 Å². The second kappa shape index (κ2) is 5.28. The molecule has 0 bridgehead atoms. The van der Waals surface area contributed by atoms with Crippen LogP contribution < -0.4 is 15.8 Å². The van der Waals surface area contributed by atoms with Crippen LogP contribution in [0, 0.1) is 5.92 Å². The van der Waals surface area contributed by atoms with Crippen molar-refractivity contribution >= 4 is 38.3 Å². The van der Waals surface area contributed by atoms with E-state index >= 15 is 0 Å². The zero-order valence-electron chi connectivity index (χ0n) is 11.3. The number of ether oxygens (including phenoxy) is 1. The van der Waals surface area contributed by atoms with Crippen LogP contribution in [-0.4, -0.2) is 18.0 Å². The number of amides is 1. The molecule has 106 valence electrons. The number of anilines is 2. The molecule has 1 aliphatic carbocycles. The average molecular weight is 291 g/mol. The van der Waals surface area contributed by atoms with Crippen LogP contribution in [0.25, 0.3) is 10.2 Å². The van der Waals surface area contributed by atoms with Gasteiger partial charge in [0.1, 0.15) is 11.3 Å². The number of methoxy groups -OCH3 is 1. The van der Waals surface area contributed by atoms with Gasteiger partial charge in [0.25, 0.3) is 0 Å². The first-order valence-corrected chi connectivity index (χ1v) is 7.51. The first kappa shape index (κ1) is 13.2. The number of rotatable bonds is 4. The molecular weight excluding hydrogens is 274 g/mol. The summed E-state index contributed by atoms with van der Waals surface area (Å²) in [4.78, 5) is 16.3. The molecule has 1 saturated carbocycles. The number of nitrogens with two attached hydrogens (primary N) is 1. The summed E-state index contributed by atoms with van der Waals surface area (Å²) in [6, 6.07) is 3.58. The van der Waals surface area contributed by atoms with Gasteiger partial charge in [-0.15, -0.1) is 0 Å². The monoisotopic (exact) mass is 291 g/mol. The highest BCUT2D eigenvalue weighted by molar-refractivity contribution is 7.22. The van der Waals surface area contributed by atoms with Gasteiger partial charge in [-0.2, -0.15) is 0 Å². The van der Waals surface area contributed by atoms with Gasteiger partial charge < -0.3 is 15.8 Å². The van der Waals surface area contributed by atoms with Gasteiger partial charge in [-0.1, -0.05) is 17.8 Å². The van der Waals surface area contributed by atoms with Crippen molar-refractivity contribution in [3.8, 4) is 5.75 Å². The molecule has 20 heavy (non-hydrogen) atoms. The van der Waals surface area contributed by atoms with Crippen LogP contribution in [0.1, 0.15) is 25.7 Å². The van der Waals surface area contributed by atoms with Crippen molar-refractivity contribution in [2.45, 2.75) is 25.7 Å². The minimum Gasteiger partial charge on any atom is -0.494 e. The number of hydrogen-bond donors (Lipinski definition) is 2. The van der Waals surface area contributed by atoms with Crippen molar-refractivity contribution < 1.29 is 9.53 Å². The van der Waals surface area contributed by atoms with Crippen LogP contribution in [0.2, 0.25) is 0 Å². The van der Waals surface area contributed by atoms with Gasteiger partial charge in [0.15, 0.2) is 5.13 Å². The third-order valence-corrected chi connectivity index (χ3v) is 4.57. The summed E-state index contributed by atoms with van der Waals surface area (Å²) in [5.41, 5.74) is 7.19. The number of nitrogens with one attached hydrogen (secondary N) is 1. The Kier molecular flexibility index (Phi) is 3.48. The lowest BCUT2D eigenvalue weighted by Gasteiger charge is -2.24. The second-order valence-corrected chi connectivity index (χ2v) is 6.17. The molecule has 2 aromatic rings. The van der Waals surface area contributed by atoms with Crippen LogP contribution in [0.15, 0.2) is 12.1 Å². The van der Waals surface area contributed by atoms with Crippen LogP contribution in [0.4, 0.5) is 10.8 Å². The lowest BCUT2D eigenvalue weighted by atomic mass is 9.83. The normalized spacial score (nSPS) is 15.1. The summed E-state index contributed by atoms with van der Waals surface area (Å²) in [7, 11) is 1.59.